The molecular formula is C22H31N7O. The number of hydrogen-bond acceptors (Lipinski definition) is 8. The Labute approximate surface area is 178 Å². The average molecular weight is 410 g/mol. The molecule has 0 N–H and O–H groups in total. The lowest BCUT2D eigenvalue weighted by Crippen LogP contribution is -2.48. The molecule has 1 fully saturated rings. The third-order valence-corrected chi connectivity index (χ3v) is 6.00. The van der Waals surface area contributed by atoms with Gasteiger partial charge < -0.3 is 9.80 Å². The highest BCUT2D eigenvalue weighted by Gasteiger charge is 2.28. The molecule has 2 aliphatic rings. The summed E-state index contributed by atoms with van der Waals surface area (Å²) in [7, 11) is 0. The lowest BCUT2D eigenvalue weighted by molar-refractivity contribution is 0.0987. The van der Waals surface area contributed by atoms with Gasteiger partial charge in [0.1, 0.15) is 0 Å². The number of carbonyl (C=O) groups excluding carboxylic acids is 1. The molecular weight excluding hydrogens is 378 g/mol. The Morgan fingerprint density at radius 2 is 1.53 bits per heavy atom. The van der Waals surface area contributed by atoms with Crippen LogP contribution in [0.3, 0.4) is 0 Å². The van der Waals surface area contributed by atoms with E-state index in [0.29, 0.717) is 17.9 Å². The number of piperazine rings is 1. The summed E-state index contributed by atoms with van der Waals surface area (Å²) in [6, 6.07) is 0. The average Bonchev–Trinajstić information content (AvgIpc) is 2.77. The normalized spacial score (nSPS) is 17.7. The third kappa shape index (κ3) is 4.28. The van der Waals surface area contributed by atoms with Crippen LogP contribution in [-0.2, 0) is 13.0 Å². The molecule has 0 aliphatic carbocycles. The molecule has 0 bridgehead atoms. The van der Waals surface area contributed by atoms with Crippen LogP contribution in [0.5, 0.6) is 0 Å². The SMILES string of the molecule is CCC(=O)c1cnc(N2CCN(c3ncc4c(n3)CCN(C(C)(C)C)C4)CC2)nc1. The van der Waals surface area contributed by atoms with Gasteiger partial charge in [-0.1, -0.05) is 6.92 Å². The van der Waals surface area contributed by atoms with E-state index < -0.39 is 0 Å². The first-order chi connectivity index (χ1) is 14.3. The minimum Gasteiger partial charge on any atom is -0.337 e. The molecule has 0 spiro atoms. The number of rotatable bonds is 4. The monoisotopic (exact) mass is 409 g/mol. The van der Waals surface area contributed by atoms with Crippen molar-refractivity contribution in [2.75, 3.05) is 42.5 Å². The Hall–Kier alpha value is -2.61. The molecule has 0 saturated carbocycles. The maximum Gasteiger partial charge on any atom is 0.225 e. The van der Waals surface area contributed by atoms with Crippen molar-refractivity contribution >= 4 is 17.7 Å². The first kappa shape index (κ1) is 20.7. The Morgan fingerprint density at radius 1 is 0.933 bits per heavy atom. The van der Waals surface area contributed by atoms with Crippen molar-refractivity contribution in [3.63, 3.8) is 0 Å². The molecule has 2 aromatic rings. The predicted molar refractivity (Wildman–Crippen MR) is 117 cm³/mol. The molecule has 0 unspecified atom stereocenters. The lowest BCUT2D eigenvalue weighted by Gasteiger charge is -2.39. The van der Waals surface area contributed by atoms with Crippen LogP contribution in [0, 0.1) is 0 Å². The number of nitrogens with zero attached hydrogens (tertiary/aromatic N) is 7. The highest BCUT2D eigenvalue weighted by atomic mass is 16.1. The third-order valence-electron chi connectivity index (χ3n) is 6.00. The van der Waals surface area contributed by atoms with Gasteiger partial charge in [0, 0.05) is 81.8 Å². The molecule has 160 valence electrons. The summed E-state index contributed by atoms with van der Waals surface area (Å²) in [6.45, 7) is 13.8. The molecule has 0 atom stereocenters. The van der Waals surface area contributed by atoms with E-state index in [2.05, 4.69) is 50.4 Å². The smallest absolute Gasteiger partial charge is 0.225 e. The van der Waals surface area contributed by atoms with Crippen LogP contribution in [0.15, 0.2) is 18.6 Å². The van der Waals surface area contributed by atoms with E-state index >= 15 is 0 Å². The molecule has 0 radical (unpaired) electrons. The van der Waals surface area contributed by atoms with Crippen molar-refractivity contribution in [1.29, 1.82) is 0 Å². The van der Waals surface area contributed by atoms with Gasteiger partial charge in [-0.05, 0) is 20.8 Å². The van der Waals surface area contributed by atoms with E-state index in [9.17, 15) is 4.79 Å². The summed E-state index contributed by atoms with van der Waals surface area (Å²) in [5, 5.41) is 0. The minimum atomic E-state index is 0.0709. The Bertz CT molecular complexity index is 899. The molecule has 2 aromatic heterocycles. The van der Waals surface area contributed by atoms with E-state index in [1.807, 2.05) is 13.1 Å². The van der Waals surface area contributed by atoms with Crippen LogP contribution in [0.2, 0.25) is 0 Å². The van der Waals surface area contributed by atoms with Crippen molar-refractivity contribution in [3.05, 3.63) is 35.4 Å². The maximum absolute atomic E-state index is 11.8. The minimum absolute atomic E-state index is 0.0709. The van der Waals surface area contributed by atoms with E-state index in [-0.39, 0.29) is 11.3 Å². The zero-order valence-electron chi connectivity index (χ0n) is 18.4. The van der Waals surface area contributed by atoms with Gasteiger partial charge in [0.15, 0.2) is 5.78 Å². The maximum atomic E-state index is 11.8. The summed E-state index contributed by atoms with van der Waals surface area (Å²) in [6.07, 6.45) is 6.71. The number of hydrogen-bond donors (Lipinski definition) is 0. The van der Waals surface area contributed by atoms with Crippen LogP contribution in [0.25, 0.3) is 0 Å². The summed E-state index contributed by atoms with van der Waals surface area (Å²) in [5.41, 5.74) is 3.17. The van der Waals surface area contributed by atoms with Gasteiger partial charge in [-0.2, -0.15) is 0 Å². The molecule has 30 heavy (non-hydrogen) atoms. The fraction of sp³-hybridized carbons (Fsp3) is 0.591. The van der Waals surface area contributed by atoms with Crippen LogP contribution in [-0.4, -0.2) is 68.9 Å². The molecule has 4 rings (SSSR count). The Morgan fingerprint density at radius 3 is 2.13 bits per heavy atom. The van der Waals surface area contributed by atoms with E-state index in [0.717, 1.165) is 51.6 Å². The van der Waals surface area contributed by atoms with Crippen molar-refractivity contribution in [2.24, 2.45) is 0 Å². The molecule has 2 aliphatic heterocycles. The van der Waals surface area contributed by atoms with Gasteiger partial charge in [0.05, 0.1) is 11.3 Å². The molecule has 0 aromatic carbocycles. The first-order valence-corrected chi connectivity index (χ1v) is 10.8. The van der Waals surface area contributed by atoms with Gasteiger partial charge in [-0.25, -0.2) is 19.9 Å². The zero-order chi connectivity index (χ0) is 21.3. The highest BCUT2D eigenvalue weighted by Crippen LogP contribution is 2.25. The fourth-order valence-corrected chi connectivity index (χ4v) is 3.97. The Kier molecular flexibility index (Phi) is 5.69. The highest BCUT2D eigenvalue weighted by molar-refractivity contribution is 5.95. The number of fused-ring (bicyclic) bond motifs is 1. The number of aromatic nitrogens is 4. The lowest BCUT2D eigenvalue weighted by atomic mass is 9.99. The Balaban J connectivity index is 1.38. The van der Waals surface area contributed by atoms with Gasteiger partial charge in [0.2, 0.25) is 11.9 Å². The van der Waals surface area contributed by atoms with E-state index in [1.165, 1.54) is 11.3 Å². The predicted octanol–water partition coefficient (Wildman–Crippen LogP) is 2.34. The quantitative estimate of drug-likeness (QED) is 0.712. The second-order valence-corrected chi connectivity index (χ2v) is 9.01. The van der Waals surface area contributed by atoms with E-state index in [4.69, 9.17) is 4.98 Å². The first-order valence-electron chi connectivity index (χ1n) is 10.8. The van der Waals surface area contributed by atoms with Crippen LogP contribution in [0.1, 0.15) is 55.7 Å². The van der Waals surface area contributed by atoms with Gasteiger partial charge in [-0.3, -0.25) is 9.69 Å². The summed E-state index contributed by atoms with van der Waals surface area (Å²) in [5.74, 6) is 1.57. The zero-order valence-corrected chi connectivity index (χ0v) is 18.4. The van der Waals surface area contributed by atoms with Crippen molar-refractivity contribution < 1.29 is 4.79 Å². The molecule has 4 heterocycles. The van der Waals surface area contributed by atoms with Crippen molar-refractivity contribution in [2.45, 2.75) is 52.6 Å². The van der Waals surface area contributed by atoms with Crippen molar-refractivity contribution in [1.82, 2.24) is 24.8 Å². The second-order valence-electron chi connectivity index (χ2n) is 9.01. The second kappa shape index (κ2) is 8.26. The van der Waals surface area contributed by atoms with Gasteiger partial charge in [0.25, 0.3) is 0 Å². The number of ketones is 1. The van der Waals surface area contributed by atoms with Crippen LogP contribution in [0.4, 0.5) is 11.9 Å². The number of Topliss-reactive ketones (excluding diaryl/α,β-unsaturated/α-hetero) is 1. The molecule has 1 saturated heterocycles. The standard InChI is InChI=1S/C22H31N7O/c1-5-19(30)16-12-23-20(24-13-16)27-8-10-28(11-9-27)21-25-14-17-15-29(22(2,3)4)7-6-18(17)26-21/h12-14H,5-11,15H2,1-4H3. The molecule has 0 amide bonds. The fourth-order valence-electron chi connectivity index (χ4n) is 3.97. The molecule has 8 heteroatoms. The van der Waals surface area contributed by atoms with Crippen LogP contribution < -0.4 is 9.80 Å². The van der Waals surface area contributed by atoms with E-state index in [1.54, 1.807) is 12.4 Å². The number of anilines is 2. The summed E-state index contributed by atoms with van der Waals surface area (Å²) < 4.78 is 0. The van der Waals surface area contributed by atoms with Gasteiger partial charge >= 0.3 is 0 Å². The summed E-state index contributed by atoms with van der Waals surface area (Å²) >= 11 is 0. The molecule has 8 nitrogen and oxygen atoms in total. The topological polar surface area (TPSA) is 78.4 Å². The largest absolute Gasteiger partial charge is 0.337 e. The van der Waals surface area contributed by atoms with Gasteiger partial charge in [-0.15, -0.1) is 0 Å². The van der Waals surface area contributed by atoms with Crippen molar-refractivity contribution in [3.8, 4) is 0 Å². The number of carbonyl (C=O) groups is 1. The van der Waals surface area contributed by atoms with Crippen LogP contribution >= 0.6 is 0 Å². The summed E-state index contributed by atoms with van der Waals surface area (Å²) in [4.78, 5) is 37.0.